The second kappa shape index (κ2) is 6.35. The molecule has 0 aliphatic carbocycles. The molecule has 1 aromatic carbocycles. The molecule has 1 aliphatic rings. The molecule has 2 aromatic rings. The summed E-state index contributed by atoms with van der Waals surface area (Å²) in [7, 11) is 2.79. The fourth-order valence-corrected chi connectivity index (χ4v) is 2.86. The van der Waals surface area contributed by atoms with Crippen LogP contribution in [0.3, 0.4) is 0 Å². The Hall–Kier alpha value is -3.22. The molecule has 0 saturated carbocycles. The number of carbonyl (C=O) groups is 1. The molecule has 0 unspecified atom stereocenters. The highest BCUT2D eigenvalue weighted by Crippen LogP contribution is 2.41. The average molecular weight is 343 g/mol. The zero-order valence-corrected chi connectivity index (χ0v) is 14.0. The van der Waals surface area contributed by atoms with E-state index in [1.54, 1.807) is 44.4 Å². The van der Waals surface area contributed by atoms with Gasteiger partial charge < -0.3 is 24.4 Å². The van der Waals surface area contributed by atoms with E-state index >= 15 is 0 Å². The van der Waals surface area contributed by atoms with Crippen LogP contribution in [0.5, 0.6) is 11.5 Å². The Bertz CT molecular complexity index is 910. The van der Waals surface area contributed by atoms with Gasteiger partial charge in [-0.15, -0.1) is 0 Å². The number of rotatable bonds is 3. The van der Waals surface area contributed by atoms with E-state index in [0.29, 0.717) is 17.1 Å². The van der Waals surface area contributed by atoms with Gasteiger partial charge >= 0.3 is 11.6 Å². The van der Waals surface area contributed by atoms with Crippen molar-refractivity contribution in [3.63, 3.8) is 0 Å². The highest BCUT2D eigenvalue weighted by atomic mass is 16.5. The van der Waals surface area contributed by atoms with Gasteiger partial charge in [0.05, 0.1) is 25.7 Å². The minimum absolute atomic E-state index is 0.0521. The van der Waals surface area contributed by atoms with Gasteiger partial charge in [0.2, 0.25) is 5.88 Å². The molecule has 7 nitrogen and oxygen atoms in total. The number of hydrogen-bond acceptors (Lipinski definition) is 7. The normalized spacial score (nSPS) is 16.0. The summed E-state index contributed by atoms with van der Waals surface area (Å²) >= 11 is 0. The predicted octanol–water partition coefficient (Wildman–Crippen LogP) is 1.82. The topological polar surface area (TPSA) is 101 Å². The fourth-order valence-electron chi connectivity index (χ4n) is 2.86. The lowest BCUT2D eigenvalue weighted by Crippen LogP contribution is -2.30. The van der Waals surface area contributed by atoms with Crippen LogP contribution in [0.2, 0.25) is 0 Å². The Morgan fingerprint density at radius 3 is 2.48 bits per heavy atom. The van der Waals surface area contributed by atoms with E-state index in [9.17, 15) is 9.59 Å². The molecule has 1 aliphatic heterocycles. The van der Waals surface area contributed by atoms with Crippen molar-refractivity contribution in [2.75, 3.05) is 14.2 Å². The molecule has 0 saturated heterocycles. The number of methoxy groups -OCH3 is 2. The lowest BCUT2D eigenvalue weighted by Gasteiger charge is -2.27. The van der Waals surface area contributed by atoms with Gasteiger partial charge in [-0.3, -0.25) is 0 Å². The first kappa shape index (κ1) is 16.6. The van der Waals surface area contributed by atoms with Crippen LogP contribution < -0.4 is 20.8 Å². The van der Waals surface area contributed by atoms with E-state index in [4.69, 9.17) is 24.4 Å². The SMILES string of the molecule is COC(=O)C1=C(N)Oc2cc(C)oc(=O)c2[C@@H]1c1ccc(OC)cc1. The summed E-state index contributed by atoms with van der Waals surface area (Å²) in [4.78, 5) is 24.7. The van der Waals surface area contributed by atoms with Crippen LogP contribution in [0.1, 0.15) is 22.8 Å². The summed E-state index contributed by atoms with van der Waals surface area (Å²) in [5.41, 5.74) is 6.27. The molecule has 0 amide bonds. The second-order valence-electron chi connectivity index (χ2n) is 5.50. The zero-order valence-electron chi connectivity index (χ0n) is 14.0. The number of hydrogen-bond donors (Lipinski definition) is 1. The van der Waals surface area contributed by atoms with Crippen molar-refractivity contribution in [2.24, 2.45) is 5.73 Å². The lowest BCUT2D eigenvalue weighted by atomic mass is 9.84. The van der Waals surface area contributed by atoms with Gasteiger partial charge in [0.15, 0.2) is 0 Å². The molecule has 25 heavy (non-hydrogen) atoms. The van der Waals surface area contributed by atoms with Crippen molar-refractivity contribution in [3.8, 4) is 11.5 Å². The third-order valence-corrected chi connectivity index (χ3v) is 3.99. The number of ether oxygens (including phenoxy) is 3. The summed E-state index contributed by atoms with van der Waals surface area (Å²) in [6.45, 7) is 1.63. The number of aryl methyl sites for hydroxylation is 1. The van der Waals surface area contributed by atoms with Crippen LogP contribution in [-0.4, -0.2) is 20.2 Å². The molecule has 0 bridgehead atoms. The van der Waals surface area contributed by atoms with Crippen molar-refractivity contribution in [1.29, 1.82) is 0 Å². The van der Waals surface area contributed by atoms with Gasteiger partial charge in [-0.25, -0.2) is 9.59 Å². The first-order valence-electron chi connectivity index (χ1n) is 7.50. The van der Waals surface area contributed by atoms with E-state index in [-0.39, 0.29) is 22.8 Å². The molecular formula is C18H17NO6. The Labute approximate surface area is 143 Å². The summed E-state index contributed by atoms with van der Waals surface area (Å²) in [5, 5.41) is 0. The van der Waals surface area contributed by atoms with Crippen molar-refractivity contribution in [2.45, 2.75) is 12.8 Å². The molecule has 3 rings (SSSR count). The lowest BCUT2D eigenvalue weighted by molar-refractivity contribution is -0.136. The first-order chi connectivity index (χ1) is 12.0. The zero-order chi connectivity index (χ0) is 18.1. The molecule has 130 valence electrons. The Kier molecular flexibility index (Phi) is 4.22. The quantitative estimate of drug-likeness (QED) is 0.848. The van der Waals surface area contributed by atoms with Crippen LogP contribution in [-0.2, 0) is 9.53 Å². The Balaban J connectivity index is 2.26. The van der Waals surface area contributed by atoms with Crippen LogP contribution in [0.25, 0.3) is 0 Å². The van der Waals surface area contributed by atoms with Crippen molar-refractivity contribution < 1.29 is 23.4 Å². The monoisotopic (exact) mass is 343 g/mol. The number of benzene rings is 1. The second-order valence-corrected chi connectivity index (χ2v) is 5.50. The summed E-state index contributed by atoms with van der Waals surface area (Å²) in [6, 6.07) is 8.51. The molecule has 0 spiro atoms. The van der Waals surface area contributed by atoms with Gasteiger partial charge in [0, 0.05) is 6.07 Å². The van der Waals surface area contributed by atoms with E-state index in [2.05, 4.69) is 0 Å². The molecule has 0 radical (unpaired) electrons. The third kappa shape index (κ3) is 2.84. The van der Waals surface area contributed by atoms with Crippen LogP contribution in [0, 0.1) is 6.92 Å². The van der Waals surface area contributed by atoms with E-state index in [0.717, 1.165) is 0 Å². The molecule has 1 aromatic heterocycles. The Morgan fingerprint density at radius 2 is 1.88 bits per heavy atom. The highest BCUT2D eigenvalue weighted by Gasteiger charge is 2.38. The molecule has 1 atom stereocenters. The maximum Gasteiger partial charge on any atom is 0.343 e. The average Bonchev–Trinajstić information content (AvgIpc) is 2.59. The van der Waals surface area contributed by atoms with Crippen LogP contribution >= 0.6 is 0 Å². The fraction of sp³-hybridized carbons (Fsp3) is 0.222. The third-order valence-electron chi connectivity index (χ3n) is 3.99. The van der Waals surface area contributed by atoms with Crippen molar-refractivity contribution in [3.05, 3.63) is 69.1 Å². The maximum absolute atomic E-state index is 12.5. The van der Waals surface area contributed by atoms with Gasteiger partial charge in [-0.1, -0.05) is 12.1 Å². The molecule has 2 N–H and O–H groups in total. The minimum atomic E-state index is -0.765. The maximum atomic E-state index is 12.5. The Morgan fingerprint density at radius 1 is 1.20 bits per heavy atom. The largest absolute Gasteiger partial charge is 0.497 e. The van der Waals surface area contributed by atoms with E-state index in [1.165, 1.54) is 7.11 Å². The summed E-state index contributed by atoms with van der Waals surface area (Å²) < 4.78 is 20.7. The van der Waals surface area contributed by atoms with Gasteiger partial charge in [0.25, 0.3) is 0 Å². The van der Waals surface area contributed by atoms with Crippen molar-refractivity contribution in [1.82, 2.24) is 0 Å². The van der Waals surface area contributed by atoms with Gasteiger partial charge in [-0.2, -0.15) is 0 Å². The standard InChI is InChI=1S/C18H17NO6/c1-9-8-12-14(18(21)24-9)13(10-4-6-11(22-2)7-5-10)15(16(19)25-12)17(20)23-3/h4-8,13H,19H2,1-3H3/t13-/m0/s1. The highest BCUT2D eigenvalue weighted by molar-refractivity contribution is 5.92. The predicted molar refractivity (Wildman–Crippen MR) is 88.4 cm³/mol. The van der Waals surface area contributed by atoms with Crippen molar-refractivity contribution >= 4 is 5.97 Å². The number of nitrogens with two attached hydrogens (primary N) is 1. The first-order valence-corrected chi connectivity index (χ1v) is 7.50. The van der Waals surface area contributed by atoms with E-state index < -0.39 is 17.5 Å². The van der Waals surface area contributed by atoms with Gasteiger partial charge in [-0.05, 0) is 24.6 Å². The summed E-state index contributed by atoms with van der Waals surface area (Å²) in [5.74, 6) is -0.261. The molecule has 2 heterocycles. The van der Waals surface area contributed by atoms with E-state index in [1.807, 2.05) is 0 Å². The van der Waals surface area contributed by atoms with Crippen LogP contribution in [0.15, 0.2) is 51.0 Å². The van der Waals surface area contributed by atoms with Crippen LogP contribution in [0.4, 0.5) is 0 Å². The number of fused-ring (bicyclic) bond motifs is 1. The number of esters is 1. The minimum Gasteiger partial charge on any atom is -0.497 e. The van der Waals surface area contributed by atoms with Gasteiger partial charge in [0.1, 0.15) is 22.8 Å². The smallest absolute Gasteiger partial charge is 0.343 e. The molecular weight excluding hydrogens is 326 g/mol. The number of carbonyl (C=O) groups excluding carboxylic acids is 1. The summed E-state index contributed by atoms with van der Waals surface area (Å²) in [6.07, 6.45) is 0. The molecule has 7 heteroatoms. The molecule has 0 fully saturated rings.